The first-order valence-corrected chi connectivity index (χ1v) is 8.48. The zero-order valence-electron chi connectivity index (χ0n) is 16.2. The predicted molar refractivity (Wildman–Crippen MR) is 99.8 cm³/mol. The molecular formula is C19H17F3N7Pt-3. The molecule has 0 unspecified atom stereocenters. The summed E-state index contributed by atoms with van der Waals surface area (Å²) in [7, 11) is 1.96. The molecule has 0 amide bonds. The first kappa shape index (κ1) is 23.5. The molecule has 11 heteroatoms. The van der Waals surface area contributed by atoms with Crippen LogP contribution in [0.5, 0.6) is 0 Å². The number of rotatable bonds is 2. The van der Waals surface area contributed by atoms with Crippen LogP contribution in [0, 0.1) is 26.7 Å². The average Bonchev–Trinajstić information content (AvgIpc) is 3.33. The van der Waals surface area contributed by atoms with E-state index in [-0.39, 0.29) is 26.8 Å². The molecule has 0 radical (unpaired) electrons. The molecule has 0 saturated carbocycles. The first-order chi connectivity index (χ1) is 13.7. The SMILES string of the molecule is Cc1ccc(-c2cc(C(F)(F)F)n[n-]2)nc1.Cc1n[c-]c(N2C=CN(C)[CH-]2)cn1.[Pt]. The van der Waals surface area contributed by atoms with Crippen molar-refractivity contribution in [2.24, 2.45) is 0 Å². The molecule has 0 N–H and O–H groups in total. The number of nitrogens with zero attached hydrogens (tertiary/aromatic N) is 7. The van der Waals surface area contributed by atoms with Crippen molar-refractivity contribution >= 4 is 5.69 Å². The summed E-state index contributed by atoms with van der Waals surface area (Å²) in [4.78, 5) is 15.9. The minimum Gasteiger partial charge on any atom is -0.573 e. The van der Waals surface area contributed by atoms with Gasteiger partial charge in [0.25, 0.3) is 0 Å². The standard InChI is InChI=1S/C10H7F3N3.C9H10N4.Pt/c1-6-2-3-7(14-5-6)8-4-9(16-15-8)10(11,12)13;1-8-10-5-9(6-11-8)13-4-3-12(2)7-13;/h2-5H,1H3;3-5,7H,1-2H3;/q-1;-2;. The molecule has 30 heavy (non-hydrogen) atoms. The number of halogens is 3. The maximum absolute atomic E-state index is 12.3. The third-order valence-corrected chi connectivity index (χ3v) is 3.76. The van der Waals surface area contributed by atoms with Gasteiger partial charge in [0.15, 0.2) is 0 Å². The zero-order chi connectivity index (χ0) is 21.0. The molecule has 4 rings (SSSR count). The van der Waals surface area contributed by atoms with Gasteiger partial charge in [0.2, 0.25) is 0 Å². The molecule has 3 aromatic rings. The quantitative estimate of drug-likeness (QED) is 0.421. The Morgan fingerprint density at radius 1 is 1.10 bits per heavy atom. The van der Waals surface area contributed by atoms with E-state index in [2.05, 4.69) is 31.3 Å². The van der Waals surface area contributed by atoms with Gasteiger partial charge in [0, 0.05) is 38.8 Å². The maximum atomic E-state index is 12.3. The van der Waals surface area contributed by atoms with Crippen LogP contribution in [0.4, 0.5) is 18.9 Å². The smallest absolute Gasteiger partial charge is 0.431 e. The number of aryl methyl sites for hydroxylation is 2. The normalized spacial score (nSPS) is 13.0. The number of aromatic nitrogens is 5. The number of pyridine rings is 1. The molecule has 1 aliphatic heterocycles. The molecule has 3 aromatic heterocycles. The second-order valence-electron chi connectivity index (χ2n) is 6.23. The van der Waals surface area contributed by atoms with Crippen LogP contribution in [0.1, 0.15) is 17.1 Å². The summed E-state index contributed by atoms with van der Waals surface area (Å²) in [5, 5.41) is 6.52. The molecule has 0 aliphatic carbocycles. The molecule has 4 heterocycles. The summed E-state index contributed by atoms with van der Waals surface area (Å²) in [5.41, 5.74) is 1.30. The molecule has 1 aliphatic rings. The fourth-order valence-electron chi connectivity index (χ4n) is 2.25. The van der Waals surface area contributed by atoms with Crippen LogP contribution in [0.25, 0.3) is 11.4 Å². The van der Waals surface area contributed by atoms with E-state index in [0.717, 1.165) is 23.1 Å². The van der Waals surface area contributed by atoms with Gasteiger partial charge in [-0.1, -0.05) is 36.8 Å². The van der Waals surface area contributed by atoms with Gasteiger partial charge in [-0.15, -0.1) is 0 Å². The Morgan fingerprint density at radius 3 is 2.37 bits per heavy atom. The summed E-state index contributed by atoms with van der Waals surface area (Å²) < 4.78 is 36.8. The van der Waals surface area contributed by atoms with Crippen molar-refractivity contribution in [3.63, 3.8) is 0 Å². The average molecular weight is 595 g/mol. The second-order valence-corrected chi connectivity index (χ2v) is 6.23. The molecule has 0 atom stereocenters. The fraction of sp³-hybridized carbons (Fsp3) is 0.211. The molecule has 0 aromatic carbocycles. The van der Waals surface area contributed by atoms with E-state index < -0.39 is 11.9 Å². The fourth-order valence-corrected chi connectivity index (χ4v) is 2.25. The van der Waals surface area contributed by atoms with E-state index >= 15 is 0 Å². The molecule has 0 spiro atoms. The van der Waals surface area contributed by atoms with E-state index in [1.807, 2.05) is 49.8 Å². The van der Waals surface area contributed by atoms with Gasteiger partial charge in [-0.3, -0.25) is 4.98 Å². The topological polar surface area (TPSA) is 72.1 Å². The van der Waals surface area contributed by atoms with Crippen LogP contribution in [-0.2, 0) is 27.2 Å². The summed E-state index contributed by atoms with van der Waals surface area (Å²) >= 11 is 0. The Balaban J connectivity index is 0.000000211. The molecule has 162 valence electrons. The maximum Gasteiger partial charge on any atom is 0.431 e. The van der Waals surface area contributed by atoms with Gasteiger partial charge in [-0.2, -0.15) is 19.8 Å². The van der Waals surface area contributed by atoms with Crippen LogP contribution in [0.2, 0.25) is 0 Å². The van der Waals surface area contributed by atoms with Gasteiger partial charge >= 0.3 is 6.18 Å². The van der Waals surface area contributed by atoms with E-state index in [9.17, 15) is 13.2 Å². The molecule has 0 saturated heterocycles. The van der Waals surface area contributed by atoms with Crippen molar-refractivity contribution in [1.29, 1.82) is 0 Å². The van der Waals surface area contributed by atoms with E-state index in [1.165, 1.54) is 0 Å². The molecule has 0 bridgehead atoms. The van der Waals surface area contributed by atoms with E-state index in [1.54, 1.807) is 24.5 Å². The molecule has 7 nitrogen and oxygen atoms in total. The van der Waals surface area contributed by atoms with Crippen molar-refractivity contribution in [2.75, 3.05) is 11.9 Å². The van der Waals surface area contributed by atoms with Crippen molar-refractivity contribution < 1.29 is 34.2 Å². The Labute approximate surface area is 186 Å². The first-order valence-electron chi connectivity index (χ1n) is 8.48. The zero-order valence-corrected chi connectivity index (χ0v) is 18.5. The van der Waals surface area contributed by atoms with Crippen molar-refractivity contribution in [3.8, 4) is 11.4 Å². The molecular weight excluding hydrogens is 578 g/mol. The van der Waals surface area contributed by atoms with Gasteiger partial charge in [0.05, 0.1) is 0 Å². The van der Waals surface area contributed by atoms with Crippen LogP contribution in [-0.4, -0.2) is 32.0 Å². The van der Waals surface area contributed by atoms with Gasteiger partial charge in [-0.05, 0) is 44.1 Å². The summed E-state index contributed by atoms with van der Waals surface area (Å²) in [6.07, 6.45) is 5.65. The minimum absolute atomic E-state index is 0. The van der Waals surface area contributed by atoms with Crippen LogP contribution < -0.4 is 10.00 Å². The predicted octanol–water partition coefficient (Wildman–Crippen LogP) is 3.35. The summed E-state index contributed by atoms with van der Waals surface area (Å²) in [5.74, 6) is 0.736. The van der Waals surface area contributed by atoms with Crippen molar-refractivity contribution in [2.45, 2.75) is 20.0 Å². The monoisotopic (exact) mass is 595 g/mol. The largest absolute Gasteiger partial charge is 0.573 e. The van der Waals surface area contributed by atoms with Crippen LogP contribution in [0.3, 0.4) is 0 Å². The molecule has 0 fully saturated rings. The number of alkyl halides is 3. The Morgan fingerprint density at radius 2 is 1.87 bits per heavy atom. The van der Waals surface area contributed by atoms with E-state index in [4.69, 9.17) is 0 Å². The Hall–Kier alpha value is -2.74. The van der Waals surface area contributed by atoms with Crippen molar-refractivity contribution in [3.05, 3.63) is 72.9 Å². The summed E-state index contributed by atoms with van der Waals surface area (Å²) in [6, 6.07) is 4.25. The second kappa shape index (κ2) is 9.84. The minimum atomic E-state index is -4.46. The number of hydrogen-bond donors (Lipinski definition) is 0. The van der Waals surface area contributed by atoms with Gasteiger partial charge < -0.3 is 30.0 Å². The van der Waals surface area contributed by atoms with Crippen LogP contribution >= 0.6 is 0 Å². The third kappa shape index (κ3) is 6.13. The third-order valence-electron chi connectivity index (χ3n) is 3.76. The van der Waals surface area contributed by atoms with Crippen molar-refractivity contribution in [1.82, 2.24) is 30.0 Å². The number of hydrogen-bond acceptors (Lipinski definition) is 6. The van der Waals surface area contributed by atoms with E-state index in [0.29, 0.717) is 5.69 Å². The Bertz CT molecular complexity index is 969. The number of anilines is 1. The Kier molecular flexibility index (Phi) is 7.72. The van der Waals surface area contributed by atoms with Crippen LogP contribution in [0.15, 0.2) is 43.0 Å². The van der Waals surface area contributed by atoms with Gasteiger partial charge in [-0.25, -0.2) is 0 Å². The van der Waals surface area contributed by atoms with Gasteiger partial charge in [0.1, 0.15) is 5.69 Å². The summed E-state index contributed by atoms with van der Waals surface area (Å²) in [6.45, 7) is 5.62.